The fraction of sp³-hybridized carbons (Fsp3) is 0.250. The van der Waals surface area contributed by atoms with E-state index in [2.05, 4.69) is 44.0 Å². The fourth-order valence-electron chi connectivity index (χ4n) is 2.31. The SMILES string of the molecule is COc1c(C)cc(C(Br)c2ccc(F)c(Br)c2)cc1C. The molecular formula is C16H15Br2FO. The molecule has 0 spiro atoms. The van der Waals surface area contributed by atoms with Crippen LogP contribution in [0.25, 0.3) is 0 Å². The van der Waals surface area contributed by atoms with Crippen LogP contribution in [0.15, 0.2) is 34.8 Å². The minimum Gasteiger partial charge on any atom is -0.496 e. The third-order valence-electron chi connectivity index (χ3n) is 3.22. The van der Waals surface area contributed by atoms with Gasteiger partial charge in [0.25, 0.3) is 0 Å². The van der Waals surface area contributed by atoms with Crippen LogP contribution in [-0.2, 0) is 0 Å². The van der Waals surface area contributed by atoms with E-state index < -0.39 is 0 Å². The number of alkyl halides is 1. The molecule has 0 aliphatic carbocycles. The summed E-state index contributed by atoms with van der Waals surface area (Å²) in [6.45, 7) is 4.05. The van der Waals surface area contributed by atoms with Crippen molar-refractivity contribution in [3.63, 3.8) is 0 Å². The monoisotopic (exact) mass is 400 g/mol. The second kappa shape index (κ2) is 6.27. The van der Waals surface area contributed by atoms with Crippen LogP contribution in [-0.4, -0.2) is 7.11 Å². The number of halogens is 3. The average Bonchev–Trinajstić information content (AvgIpc) is 2.40. The van der Waals surface area contributed by atoms with E-state index in [0.717, 1.165) is 28.0 Å². The van der Waals surface area contributed by atoms with E-state index in [9.17, 15) is 4.39 Å². The number of ether oxygens (including phenoxy) is 1. The van der Waals surface area contributed by atoms with Gasteiger partial charge in [0.2, 0.25) is 0 Å². The first-order valence-electron chi connectivity index (χ1n) is 6.18. The van der Waals surface area contributed by atoms with Crippen molar-refractivity contribution < 1.29 is 9.13 Å². The van der Waals surface area contributed by atoms with Crippen LogP contribution in [0.3, 0.4) is 0 Å². The van der Waals surface area contributed by atoms with E-state index in [1.54, 1.807) is 19.2 Å². The zero-order valence-corrected chi connectivity index (χ0v) is 14.7. The van der Waals surface area contributed by atoms with Gasteiger partial charge < -0.3 is 4.74 Å². The lowest BCUT2D eigenvalue weighted by Gasteiger charge is -2.16. The molecular weight excluding hydrogens is 387 g/mol. The van der Waals surface area contributed by atoms with Crippen LogP contribution in [0.4, 0.5) is 4.39 Å². The Morgan fingerprint density at radius 1 is 1.05 bits per heavy atom. The van der Waals surface area contributed by atoms with Gasteiger partial charge in [-0.1, -0.05) is 34.1 Å². The Bertz CT molecular complexity index is 617. The Labute approximate surface area is 135 Å². The van der Waals surface area contributed by atoms with E-state index in [-0.39, 0.29) is 10.6 Å². The van der Waals surface area contributed by atoms with Crippen LogP contribution in [0.5, 0.6) is 5.75 Å². The Hall–Kier alpha value is -0.870. The van der Waals surface area contributed by atoms with Gasteiger partial charge in [0.05, 0.1) is 16.4 Å². The normalized spacial score (nSPS) is 12.3. The summed E-state index contributed by atoms with van der Waals surface area (Å²) < 4.78 is 19.2. The van der Waals surface area contributed by atoms with Crippen molar-refractivity contribution in [3.8, 4) is 5.75 Å². The zero-order valence-electron chi connectivity index (χ0n) is 11.5. The van der Waals surface area contributed by atoms with Gasteiger partial charge in [0.15, 0.2) is 0 Å². The van der Waals surface area contributed by atoms with Crippen molar-refractivity contribution in [2.24, 2.45) is 0 Å². The molecule has 0 aliphatic heterocycles. The molecule has 2 aromatic rings. The molecule has 106 valence electrons. The number of hydrogen-bond donors (Lipinski definition) is 0. The number of aryl methyl sites for hydroxylation is 2. The van der Waals surface area contributed by atoms with Crippen molar-refractivity contribution >= 4 is 31.9 Å². The van der Waals surface area contributed by atoms with Gasteiger partial charge >= 0.3 is 0 Å². The van der Waals surface area contributed by atoms with E-state index in [4.69, 9.17) is 4.74 Å². The quantitative estimate of drug-likeness (QED) is 0.599. The smallest absolute Gasteiger partial charge is 0.137 e. The van der Waals surface area contributed by atoms with E-state index in [1.165, 1.54) is 6.07 Å². The lowest BCUT2D eigenvalue weighted by molar-refractivity contribution is 0.408. The lowest BCUT2D eigenvalue weighted by Crippen LogP contribution is -1.98. The van der Waals surface area contributed by atoms with Crippen LogP contribution in [0, 0.1) is 19.7 Å². The largest absolute Gasteiger partial charge is 0.496 e. The van der Waals surface area contributed by atoms with Gasteiger partial charge in [-0.3, -0.25) is 0 Å². The molecule has 1 atom stereocenters. The molecule has 0 saturated heterocycles. The predicted molar refractivity (Wildman–Crippen MR) is 87.3 cm³/mol. The highest BCUT2D eigenvalue weighted by Crippen LogP contribution is 2.36. The standard InChI is InChI=1S/C16H15Br2FO/c1-9-6-12(7-10(2)16(9)20-3)15(18)11-4-5-14(19)13(17)8-11/h4-8,15H,1-3H3. The lowest BCUT2D eigenvalue weighted by atomic mass is 9.99. The molecule has 0 saturated carbocycles. The molecule has 4 heteroatoms. The maximum Gasteiger partial charge on any atom is 0.137 e. The van der Waals surface area contributed by atoms with Crippen LogP contribution in [0.2, 0.25) is 0 Å². The summed E-state index contributed by atoms with van der Waals surface area (Å²) in [7, 11) is 1.68. The van der Waals surface area contributed by atoms with Gasteiger partial charge in [0.1, 0.15) is 11.6 Å². The van der Waals surface area contributed by atoms with E-state index in [0.29, 0.717) is 4.47 Å². The minimum atomic E-state index is -0.254. The first kappa shape index (κ1) is 15.5. The van der Waals surface area contributed by atoms with Crippen LogP contribution in [0.1, 0.15) is 27.1 Å². The van der Waals surface area contributed by atoms with Crippen molar-refractivity contribution in [2.75, 3.05) is 7.11 Å². The number of methoxy groups -OCH3 is 1. The molecule has 0 bridgehead atoms. The molecule has 0 radical (unpaired) electrons. The first-order chi connectivity index (χ1) is 9.43. The van der Waals surface area contributed by atoms with Crippen LogP contribution >= 0.6 is 31.9 Å². The van der Waals surface area contributed by atoms with Gasteiger partial charge in [-0.2, -0.15) is 0 Å². The summed E-state index contributed by atoms with van der Waals surface area (Å²) in [6.07, 6.45) is 0. The molecule has 2 aromatic carbocycles. The molecule has 0 amide bonds. The maximum atomic E-state index is 13.3. The second-order valence-corrected chi connectivity index (χ2v) is 6.49. The van der Waals surface area contributed by atoms with E-state index >= 15 is 0 Å². The van der Waals surface area contributed by atoms with Gasteiger partial charge in [-0.15, -0.1) is 0 Å². The van der Waals surface area contributed by atoms with Crippen molar-refractivity contribution in [1.82, 2.24) is 0 Å². The summed E-state index contributed by atoms with van der Waals surface area (Å²) in [4.78, 5) is 0.0164. The predicted octanol–water partition coefficient (Wildman–Crippen LogP) is 5.70. The molecule has 2 rings (SSSR count). The zero-order chi connectivity index (χ0) is 14.9. The third kappa shape index (κ3) is 3.07. The number of rotatable bonds is 3. The highest BCUT2D eigenvalue weighted by atomic mass is 79.9. The minimum absolute atomic E-state index is 0.0164. The Morgan fingerprint density at radius 2 is 1.65 bits per heavy atom. The molecule has 1 unspecified atom stereocenters. The van der Waals surface area contributed by atoms with Gasteiger partial charge in [-0.25, -0.2) is 4.39 Å². The average molecular weight is 402 g/mol. The Balaban J connectivity index is 2.42. The molecule has 0 heterocycles. The third-order valence-corrected chi connectivity index (χ3v) is 4.88. The molecule has 1 nitrogen and oxygen atoms in total. The molecule has 0 aromatic heterocycles. The van der Waals surface area contributed by atoms with Crippen molar-refractivity contribution in [1.29, 1.82) is 0 Å². The summed E-state index contributed by atoms with van der Waals surface area (Å²) >= 11 is 6.91. The Morgan fingerprint density at radius 3 is 2.15 bits per heavy atom. The Kier molecular flexibility index (Phi) is 4.86. The molecule has 0 aliphatic rings. The molecule has 0 N–H and O–H groups in total. The maximum absolute atomic E-state index is 13.3. The first-order valence-corrected chi connectivity index (χ1v) is 7.89. The van der Waals surface area contributed by atoms with Crippen molar-refractivity contribution in [2.45, 2.75) is 18.7 Å². The summed E-state index contributed by atoms with van der Waals surface area (Å²) in [5.74, 6) is 0.657. The number of benzene rings is 2. The number of hydrogen-bond acceptors (Lipinski definition) is 1. The summed E-state index contributed by atoms with van der Waals surface area (Å²) in [5.41, 5.74) is 4.31. The topological polar surface area (TPSA) is 9.23 Å². The molecule has 0 fully saturated rings. The second-order valence-electron chi connectivity index (χ2n) is 4.72. The summed E-state index contributed by atoms with van der Waals surface area (Å²) in [6, 6.07) is 9.22. The van der Waals surface area contributed by atoms with Gasteiger partial charge in [0, 0.05) is 0 Å². The fourth-order valence-corrected chi connectivity index (χ4v) is 3.26. The van der Waals surface area contributed by atoms with Gasteiger partial charge in [-0.05, 0) is 64.2 Å². The highest BCUT2D eigenvalue weighted by molar-refractivity contribution is 9.10. The van der Waals surface area contributed by atoms with Crippen molar-refractivity contribution in [3.05, 3.63) is 62.9 Å². The highest BCUT2D eigenvalue weighted by Gasteiger charge is 2.15. The van der Waals surface area contributed by atoms with Crippen LogP contribution < -0.4 is 4.74 Å². The summed E-state index contributed by atoms with van der Waals surface area (Å²) in [5, 5.41) is 0. The van der Waals surface area contributed by atoms with E-state index in [1.807, 2.05) is 13.8 Å². The molecule has 20 heavy (non-hydrogen) atoms.